The minimum Gasteiger partial charge on any atom is -0.464 e. The minimum absolute atomic E-state index is 0. The minimum atomic E-state index is -0.465. The molecule has 0 unspecified atom stereocenters. The van der Waals surface area contributed by atoms with E-state index in [1.165, 1.54) is 32.8 Å². The summed E-state index contributed by atoms with van der Waals surface area (Å²) >= 11 is 0. The average Bonchev–Trinajstić information content (AvgIpc) is 2.55. The van der Waals surface area contributed by atoms with Crippen molar-refractivity contribution in [3.05, 3.63) is 43.6 Å². The number of rotatable bonds is 2. The summed E-state index contributed by atoms with van der Waals surface area (Å²) in [6.45, 7) is 1.61. The monoisotopic (exact) mass is 403 g/mol. The molecule has 1 aliphatic heterocycles. The second kappa shape index (κ2) is 12.7. The van der Waals surface area contributed by atoms with Crippen LogP contribution in [0.3, 0.4) is 0 Å². The molecule has 2 rings (SSSR count). The van der Waals surface area contributed by atoms with E-state index in [-0.39, 0.29) is 40.9 Å². The molecule has 0 atom stereocenters. The van der Waals surface area contributed by atoms with Crippen LogP contribution in [0.2, 0.25) is 0 Å². The van der Waals surface area contributed by atoms with Crippen molar-refractivity contribution in [2.24, 2.45) is 0 Å². The van der Waals surface area contributed by atoms with Crippen LogP contribution in [0.1, 0.15) is 11.9 Å². The van der Waals surface area contributed by atoms with Crippen LogP contribution in [0.5, 0.6) is 0 Å². The number of esters is 2. The van der Waals surface area contributed by atoms with Crippen molar-refractivity contribution in [2.75, 3.05) is 27.3 Å². The van der Waals surface area contributed by atoms with E-state index in [2.05, 4.69) is 30.1 Å². The fraction of sp³-hybridized carbons (Fsp3) is 0.308. The summed E-state index contributed by atoms with van der Waals surface area (Å²) < 4.78 is 8.87. The van der Waals surface area contributed by atoms with Crippen LogP contribution in [0.15, 0.2) is 30.5 Å². The van der Waals surface area contributed by atoms with Crippen molar-refractivity contribution >= 4 is 11.9 Å². The SMILES string of the molecule is COC(=O)C1=CNCCN1.COC(=O)c1cnccn1.[CH3-].[HH].[Pd]. The fourth-order valence-corrected chi connectivity index (χ4v) is 1.24. The van der Waals surface area contributed by atoms with Crippen LogP contribution in [0.4, 0.5) is 0 Å². The number of ether oxygens (including phenoxy) is 2. The summed E-state index contributed by atoms with van der Waals surface area (Å²) in [6.07, 6.45) is 5.90. The molecule has 0 bridgehead atoms. The van der Waals surface area contributed by atoms with Gasteiger partial charge in [-0.05, 0) is 0 Å². The molecule has 22 heavy (non-hydrogen) atoms. The van der Waals surface area contributed by atoms with Crippen LogP contribution in [0.25, 0.3) is 0 Å². The van der Waals surface area contributed by atoms with Gasteiger partial charge in [0.1, 0.15) is 5.70 Å². The summed E-state index contributed by atoms with van der Waals surface area (Å²) in [6, 6.07) is 0. The molecule has 9 heteroatoms. The van der Waals surface area contributed by atoms with Crippen LogP contribution in [0, 0.1) is 7.43 Å². The number of nitrogens with one attached hydrogen (secondary N) is 2. The van der Waals surface area contributed by atoms with E-state index in [9.17, 15) is 9.59 Å². The van der Waals surface area contributed by atoms with Gasteiger partial charge in [0, 0.05) is 53.5 Å². The molecule has 0 spiro atoms. The standard InChI is InChI=1S/C6H10N2O2.C6H6N2O2.CH3.Pd.H2/c2*1-10-6(9)5-4-7-2-3-8-5;;;/h4,7-8H,2-3H2,1H3;2-4H,1H3;1H3;;1H/q;;-1;;. The maximum atomic E-state index is 10.8. The van der Waals surface area contributed by atoms with Crippen LogP contribution >= 0.6 is 0 Å². The number of aromatic nitrogens is 2. The van der Waals surface area contributed by atoms with Crippen molar-refractivity contribution in [3.63, 3.8) is 0 Å². The first-order chi connectivity index (χ1) is 9.69. The average molecular weight is 404 g/mol. The van der Waals surface area contributed by atoms with E-state index in [0.717, 1.165) is 13.1 Å². The van der Waals surface area contributed by atoms with Gasteiger partial charge in [-0.3, -0.25) is 4.98 Å². The molecule has 1 aliphatic rings. The Balaban J connectivity index is -0.000000308. The third kappa shape index (κ3) is 7.71. The predicted octanol–water partition coefficient (Wildman–Crippen LogP) is 0.151. The van der Waals surface area contributed by atoms with E-state index in [0.29, 0.717) is 5.70 Å². The van der Waals surface area contributed by atoms with Crippen LogP contribution in [-0.2, 0) is 34.7 Å². The smallest absolute Gasteiger partial charge is 0.358 e. The maximum Gasteiger partial charge on any atom is 0.358 e. The van der Waals surface area contributed by atoms with Crippen molar-refractivity contribution in [3.8, 4) is 0 Å². The van der Waals surface area contributed by atoms with E-state index in [4.69, 9.17) is 0 Å². The van der Waals surface area contributed by atoms with Crippen molar-refractivity contribution in [2.45, 2.75) is 0 Å². The van der Waals surface area contributed by atoms with Gasteiger partial charge < -0.3 is 27.5 Å². The predicted molar refractivity (Wildman–Crippen MR) is 78.0 cm³/mol. The topological polar surface area (TPSA) is 102 Å². The van der Waals surface area contributed by atoms with Gasteiger partial charge in [-0.25, -0.2) is 14.6 Å². The Morgan fingerprint density at radius 3 is 2.32 bits per heavy atom. The van der Waals surface area contributed by atoms with E-state index < -0.39 is 5.97 Å². The Morgan fingerprint density at radius 2 is 1.86 bits per heavy atom. The van der Waals surface area contributed by atoms with Crippen molar-refractivity contribution < 1.29 is 40.9 Å². The van der Waals surface area contributed by atoms with E-state index in [1.54, 1.807) is 6.20 Å². The molecule has 2 N–H and O–H groups in total. The van der Waals surface area contributed by atoms with Crippen molar-refractivity contribution in [1.82, 2.24) is 20.6 Å². The molecule has 0 radical (unpaired) electrons. The number of hydrogen-bond donors (Lipinski definition) is 2. The van der Waals surface area contributed by atoms with Gasteiger partial charge in [0.05, 0.1) is 20.4 Å². The molecule has 0 amide bonds. The Morgan fingerprint density at radius 1 is 1.18 bits per heavy atom. The molecule has 128 valence electrons. The summed E-state index contributed by atoms with van der Waals surface area (Å²) in [5, 5.41) is 5.82. The zero-order valence-corrected chi connectivity index (χ0v) is 14.1. The van der Waals surface area contributed by atoms with Gasteiger partial charge in [0.25, 0.3) is 0 Å². The molecule has 0 saturated heterocycles. The Kier molecular flexibility index (Phi) is 12.9. The quantitative estimate of drug-likeness (QED) is 0.409. The molecule has 2 heterocycles. The first-order valence-corrected chi connectivity index (χ1v) is 5.79. The molecule has 0 aromatic carbocycles. The largest absolute Gasteiger partial charge is 0.464 e. The van der Waals surface area contributed by atoms with E-state index >= 15 is 0 Å². The second-order valence-corrected chi connectivity index (χ2v) is 3.51. The maximum absolute atomic E-state index is 10.8. The summed E-state index contributed by atoms with van der Waals surface area (Å²) in [4.78, 5) is 28.9. The second-order valence-electron chi connectivity index (χ2n) is 3.51. The first kappa shape index (κ1) is 22.3. The zero-order valence-electron chi connectivity index (χ0n) is 12.6. The molecule has 8 nitrogen and oxygen atoms in total. The number of methoxy groups -OCH3 is 2. The molecular formula is C13H21N4O4Pd-. The normalized spacial score (nSPS) is 11.5. The van der Waals surface area contributed by atoms with Gasteiger partial charge in [-0.1, -0.05) is 0 Å². The number of hydrogen-bond acceptors (Lipinski definition) is 8. The molecule has 0 fully saturated rings. The molecule has 0 saturated carbocycles. The Labute approximate surface area is 144 Å². The van der Waals surface area contributed by atoms with Gasteiger partial charge in [0.15, 0.2) is 5.69 Å². The summed E-state index contributed by atoms with van der Waals surface area (Å²) in [5.41, 5.74) is 0.721. The van der Waals surface area contributed by atoms with Gasteiger partial charge in [-0.15, -0.1) is 0 Å². The Bertz CT molecular complexity index is 488. The van der Waals surface area contributed by atoms with E-state index in [1.807, 2.05) is 0 Å². The van der Waals surface area contributed by atoms with Crippen LogP contribution in [-0.4, -0.2) is 49.2 Å². The number of nitrogens with zero attached hydrogens (tertiary/aromatic N) is 2. The number of carbonyl (C=O) groups is 2. The third-order valence-corrected chi connectivity index (χ3v) is 2.19. The summed E-state index contributed by atoms with van der Waals surface area (Å²) in [7, 11) is 2.66. The zero-order chi connectivity index (χ0) is 14.8. The van der Waals surface area contributed by atoms with Gasteiger partial charge in [0.2, 0.25) is 0 Å². The fourth-order valence-electron chi connectivity index (χ4n) is 1.24. The number of carbonyl (C=O) groups excluding carboxylic acids is 2. The first-order valence-electron chi connectivity index (χ1n) is 5.79. The molecule has 1 aromatic rings. The third-order valence-electron chi connectivity index (χ3n) is 2.19. The molecule has 0 aliphatic carbocycles. The van der Waals surface area contributed by atoms with Gasteiger partial charge >= 0.3 is 11.9 Å². The molecular weight excluding hydrogens is 383 g/mol. The van der Waals surface area contributed by atoms with Crippen molar-refractivity contribution in [1.29, 1.82) is 0 Å². The summed E-state index contributed by atoms with van der Waals surface area (Å²) in [5.74, 6) is -0.791. The van der Waals surface area contributed by atoms with Gasteiger partial charge in [-0.2, -0.15) is 0 Å². The Hall–Kier alpha value is -1.98. The van der Waals surface area contributed by atoms with Crippen LogP contribution < -0.4 is 10.6 Å². The molecule has 1 aromatic heterocycles.